The third kappa shape index (κ3) is 4.65. The lowest BCUT2D eigenvalue weighted by atomic mass is 9.98. The molecule has 6 nitrogen and oxygen atoms in total. The van der Waals surface area contributed by atoms with Gasteiger partial charge in [0.25, 0.3) is 0 Å². The summed E-state index contributed by atoms with van der Waals surface area (Å²) in [7, 11) is 0. The van der Waals surface area contributed by atoms with E-state index in [9.17, 15) is 0 Å². The predicted octanol–water partition coefficient (Wildman–Crippen LogP) is 5.32. The first-order valence-electron chi connectivity index (χ1n) is 9.90. The Morgan fingerprint density at radius 3 is 2.82 bits per heavy atom. The maximum absolute atomic E-state index is 6.06. The summed E-state index contributed by atoms with van der Waals surface area (Å²) >= 11 is 1.55. The second kappa shape index (κ2) is 8.65. The molecule has 3 aromatic heterocycles. The van der Waals surface area contributed by atoms with Gasteiger partial charge in [0, 0.05) is 18.1 Å². The second-order valence-electron chi connectivity index (χ2n) is 7.11. The summed E-state index contributed by atoms with van der Waals surface area (Å²) in [5.41, 5.74) is 2.99. The van der Waals surface area contributed by atoms with Crippen LogP contribution in [0.4, 0.5) is 10.9 Å². The molecule has 28 heavy (non-hydrogen) atoms. The second-order valence-corrected chi connectivity index (χ2v) is 8.14. The van der Waals surface area contributed by atoms with Gasteiger partial charge in [0.1, 0.15) is 11.9 Å². The molecular formula is C21H25N5OS. The number of nitrogens with zero attached hydrogens (tertiary/aromatic N) is 4. The SMILES string of the molecule is CCc1ccnc(Nc2ncc(-c3cc(C)nc(OC4CCCCC4)n3)s2)c1. The van der Waals surface area contributed by atoms with Gasteiger partial charge in [0.15, 0.2) is 5.13 Å². The average molecular weight is 396 g/mol. The highest BCUT2D eigenvalue weighted by molar-refractivity contribution is 7.18. The van der Waals surface area contributed by atoms with Crippen LogP contribution in [-0.2, 0) is 6.42 Å². The van der Waals surface area contributed by atoms with E-state index in [1.54, 1.807) is 11.3 Å². The lowest BCUT2D eigenvalue weighted by Crippen LogP contribution is -2.21. The quantitative estimate of drug-likeness (QED) is 0.609. The van der Waals surface area contributed by atoms with Crippen LogP contribution in [0.2, 0.25) is 0 Å². The van der Waals surface area contributed by atoms with Crippen LogP contribution in [0.1, 0.15) is 50.3 Å². The van der Waals surface area contributed by atoms with Crippen molar-refractivity contribution in [3.63, 3.8) is 0 Å². The van der Waals surface area contributed by atoms with E-state index in [0.717, 1.165) is 46.5 Å². The summed E-state index contributed by atoms with van der Waals surface area (Å²) in [5.74, 6) is 0.806. The number of aromatic nitrogens is 4. The van der Waals surface area contributed by atoms with Crippen LogP contribution in [0.15, 0.2) is 30.6 Å². The molecule has 0 atom stereocenters. The standard InChI is InChI=1S/C21H25N5OS/c1-3-15-9-10-22-19(12-15)26-21-23-13-18(28-21)17-11-14(2)24-20(25-17)27-16-7-5-4-6-8-16/h9-13,16H,3-8H2,1-2H3,(H,22,23,26). The Kier molecular flexibility index (Phi) is 5.81. The summed E-state index contributed by atoms with van der Waals surface area (Å²) in [6.45, 7) is 4.10. The third-order valence-electron chi connectivity index (χ3n) is 4.88. The number of anilines is 2. The minimum absolute atomic E-state index is 0.235. The van der Waals surface area contributed by atoms with Crippen LogP contribution in [0.3, 0.4) is 0 Å². The molecule has 1 N–H and O–H groups in total. The molecule has 1 aliphatic rings. The maximum Gasteiger partial charge on any atom is 0.317 e. The largest absolute Gasteiger partial charge is 0.460 e. The maximum atomic E-state index is 6.06. The molecule has 0 amide bonds. The Balaban J connectivity index is 1.51. The van der Waals surface area contributed by atoms with E-state index in [-0.39, 0.29) is 6.10 Å². The summed E-state index contributed by atoms with van der Waals surface area (Å²) in [6.07, 6.45) is 10.8. The zero-order chi connectivity index (χ0) is 19.3. The number of rotatable bonds is 6. The zero-order valence-electron chi connectivity index (χ0n) is 16.3. The Morgan fingerprint density at radius 2 is 2.00 bits per heavy atom. The average Bonchev–Trinajstić information content (AvgIpc) is 3.17. The van der Waals surface area contributed by atoms with E-state index in [1.807, 2.05) is 37.5 Å². The normalized spacial score (nSPS) is 14.8. The first kappa shape index (κ1) is 18.8. The summed E-state index contributed by atoms with van der Waals surface area (Å²) < 4.78 is 6.06. The van der Waals surface area contributed by atoms with Crippen molar-refractivity contribution >= 4 is 22.3 Å². The molecule has 0 saturated heterocycles. The van der Waals surface area contributed by atoms with Crippen LogP contribution in [-0.4, -0.2) is 26.0 Å². The lowest BCUT2D eigenvalue weighted by molar-refractivity contribution is 0.142. The van der Waals surface area contributed by atoms with Crippen molar-refractivity contribution < 1.29 is 4.74 Å². The van der Waals surface area contributed by atoms with Gasteiger partial charge in [-0.2, -0.15) is 4.98 Å². The van der Waals surface area contributed by atoms with Crippen molar-refractivity contribution in [2.75, 3.05) is 5.32 Å². The van der Waals surface area contributed by atoms with Crippen molar-refractivity contribution in [2.24, 2.45) is 0 Å². The van der Waals surface area contributed by atoms with Crippen molar-refractivity contribution in [2.45, 2.75) is 58.5 Å². The molecular weight excluding hydrogens is 370 g/mol. The molecule has 3 heterocycles. The zero-order valence-corrected chi connectivity index (χ0v) is 17.1. The molecule has 4 rings (SSSR count). The van der Waals surface area contributed by atoms with Crippen LogP contribution < -0.4 is 10.1 Å². The first-order chi connectivity index (χ1) is 13.7. The van der Waals surface area contributed by atoms with E-state index in [4.69, 9.17) is 4.74 Å². The molecule has 146 valence electrons. The molecule has 0 bridgehead atoms. The van der Waals surface area contributed by atoms with Crippen molar-refractivity contribution in [1.82, 2.24) is 19.9 Å². The van der Waals surface area contributed by atoms with E-state index < -0.39 is 0 Å². The Hall–Kier alpha value is -2.54. The summed E-state index contributed by atoms with van der Waals surface area (Å²) in [4.78, 5) is 18.9. The molecule has 1 aliphatic carbocycles. The minimum atomic E-state index is 0.235. The van der Waals surface area contributed by atoms with E-state index in [0.29, 0.717) is 6.01 Å². The fourth-order valence-corrected chi connectivity index (χ4v) is 4.16. The van der Waals surface area contributed by atoms with Gasteiger partial charge in [0.05, 0.1) is 10.6 Å². The highest BCUT2D eigenvalue weighted by atomic mass is 32.1. The van der Waals surface area contributed by atoms with Gasteiger partial charge >= 0.3 is 6.01 Å². The van der Waals surface area contributed by atoms with Gasteiger partial charge in [-0.05, 0) is 62.8 Å². The molecule has 1 saturated carbocycles. The van der Waals surface area contributed by atoms with Gasteiger partial charge < -0.3 is 10.1 Å². The van der Waals surface area contributed by atoms with Crippen LogP contribution in [0.5, 0.6) is 6.01 Å². The number of nitrogens with one attached hydrogen (secondary N) is 1. The molecule has 7 heteroatoms. The smallest absolute Gasteiger partial charge is 0.317 e. The molecule has 3 aromatic rings. The van der Waals surface area contributed by atoms with Crippen molar-refractivity contribution in [3.05, 3.63) is 41.9 Å². The highest BCUT2D eigenvalue weighted by Crippen LogP contribution is 2.31. The van der Waals surface area contributed by atoms with E-state index >= 15 is 0 Å². The third-order valence-corrected chi connectivity index (χ3v) is 5.82. The van der Waals surface area contributed by atoms with E-state index in [1.165, 1.54) is 24.8 Å². The van der Waals surface area contributed by atoms with Crippen molar-refractivity contribution in [1.29, 1.82) is 0 Å². The van der Waals surface area contributed by atoms with Gasteiger partial charge in [-0.15, -0.1) is 0 Å². The van der Waals surface area contributed by atoms with Crippen LogP contribution in [0, 0.1) is 6.92 Å². The Morgan fingerprint density at radius 1 is 1.14 bits per heavy atom. The Bertz CT molecular complexity index is 936. The number of pyridine rings is 1. The van der Waals surface area contributed by atoms with Gasteiger partial charge in [-0.1, -0.05) is 24.7 Å². The fourth-order valence-electron chi connectivity index (χ4n) is 3.37. The van der Waals surface area contributed by atoms with Crippen LogP contribution >= 0.6 is 11.3 Å². The van der Waals surface area contributed by atoms with Crippen LogP contribution in [0.25, 0.3) is 10.6 Å². The molecule has 0 aromatic carbocycles. The number of thiazole rings is 1. The predicted molar refractivity (Wildman–Crippen MR) is 112 cm³/mol. The topological polar surface area (TPSA) is 72.8 Å². The molecule has 1 fully saturated rings. The van der Waals surface area contributed by atoms with Gasteiger partial charge in [-0.3, -0.25) is 0 Å². The molecule has 0 spiro atoms. The summed E-state index contributed by atoms with van der Waals surface area (Å²) in [6, 6.07) is 6.52. The fraction of sp³-hybridized carbons (Fsp3) is 0.429. The molecule has 0 radical (unpaired) electrons. The van der Waals surface area contributed by atoms with Gasteiger partial charge in [-0.25, -0.2) is 15.0 Å². The highest BCUT2D eigenvalue weighted by Gasteiger charge is 2.17. The first-order valence-corrected chi connectivity index (χ1v) is 10.7. The minimum Gasteiger partial charge on any atom is -0.460 e. The summed E-state index contributed by atoms with van der Waals surface area (Å²) in [5, 5.41) is 4.08. The number of aryl methyl sites for hydroxylation is 2. The number of ether oxygens (including phenoxy) is 1. The Labute approximate surface area is 169 Å². The monoisotopic (exact) mass is 395 g/mol. The van der Waals surface area contributed by atoms with Crippen molar-refractivity contribution in [3.8, 4) is 16.6 Å². The van der Waals surface area contributed by atoms with Gasteiger partial charge in [0.2, 0.25) is 0 Å². The number of hydrogen-bond donors (Lipinski definition) is 1. The molecule has 0 aliphatic heterocycles. The number of hydrogen-bond acceptors (Lipinski definition) is 7. The lowest BCUT2D eigenvalue weighted by Gasteiger charge is -2.21. The van der Waals surface area contributed by atoms with E-state index in [2.05, 4.69) is 32.2 Å². The molecule has 0 unspecified atom stereocenters.